The van der Waals surface area contributed by atoms with Gasteiger partial charge in [-0.3, -0.25) is 4.79 Å². The highest BCUT2D eigenvalue weighted by atomic mass is 35.5. The van der Waals surface area contributed by atoms with Crippen molar-refractivity contribution in [3.05, 3.63) is 24.0 Å². The van der Waals surface area contributed by atoms with Crippen LogP contribution in [0.15, 0.2) is 18.3 Å². The van der Waals surface area contributed by atoms with Crippen LogP contribution in [0.3, 0.4) is 0 Å². The molecular weight excluding hydrogens is 266 g/mol. The van der Waals surface area contributed by atoms with Crippen molar-refractivity contribution in [2.75, 3.05) is 26.2 Å². The van der Waals surface area contributed by atoms with Crippen molar-refractivity contribution in [1.29, 1.82) is 0 Å². The van der Waals surface area contributed by atoms with E-state index in [1.165, 1.54) is 0 Å². The topological polar surface area (TPSA) is 54.5 Å². The van der Waals surface area contributed by atoms with E-state index in [0.717, 1.165) is 26.2 Å². The summed E-state index contributed by atoms with van der Waals surface area (Å²) in [6.45, 7) is 6.98. The fourth-order valence-electron chi connectivity index (χ4n) is 1.92. The first-order valence-electron chi connectivity index (χ1n) is 6.30. The molecule has 0 aliphatic carbocycles. The summed E-state index contributed by atoms with van der Waals surface area (Å²) in [5.74, 6) is 0.517. The molecule has 1 amide bonds. The second-order valence-corrected chi connectivity index (χ2v) is 4.56. The molecule has 0 radical (unpaired) electrons. The lowest BCUT2D eigenvalue weighted by molar-refractivity contribution is 0.0723. The van der Waals surface area contributed by atoms with Gasteiger partial charge in [0.2, 0.25) is 0 Å². The molecule has 1 aliphatic heterocycles. The Hall–Kier alpha value is -1.33. The van der Waals surface area contributed by atoms with Crippen LogP contribution in [-0.4, -0.2) is 48.1 Å². The molecule has 1 aromatic heterocycles. The fraction of sp³-hybridized carbons (Fsp3) is 0.538. The summed E-state index contributed by atoms with van der Waals surface area (Å²) >= 11 is 0. The van der Waals surface area contributed by atoms with Gasteiger partial charge >= 0.3 is 0 Å². The zero-order valence-corrected chi connectivity index (χ0v) is 12.1. The van der Waals surface area contributed by atoms with Crippen LogP contribution in [0.4, 0.5) is 0 Å². The number of pyridine rings is 1. The van der Waals surface area contributed by atoms with E-state index in [1.807, 2.05) is 18.7 Å². The first-order valence-corrected chi connectivity index (χ1v) is 6.30. The highest BCUT2D eigenvalue weighted by Crippen LogP contribution is 2.19. The molecule has 1 aromatic rings. The molecule has 0 atom stereocenters. The molecule has 1 fully saturated rings. The highest BCUT2D eigenvalue weighted by molar-refractivity contribution is 5.95. The SMILES string of the molecule is CC(C)Oc1cccnc1C(=O)N1CCNCC1.Cl. The number of amides is 1. The summed E-state index contributed by atoms with van der Waals surface area (Å²) in [5, 5.41) is 3.22. The summed E-state index contributed by atoms with van der Waals surface area (Å²) in [6, 6.07) is 3.58. The van der Waals surface area contributed by atoms with Gasteiger partial charge in [-0.2, -0.15) is 0 Å². The van der Waals surface area contributed by atoms with Gasteiger partial charge in [0, 0.05) is 32.4 Å². The van der Waals surface area contributed by atoms with Gasteiger partial charge in [0.25, 0.3) is 5.91 Å². The number of nitrogens with zero attached hydrogens (tertiary/aromatic N) is 2. The van der Waals surface area contributed by atoms with Crippen molar-refractivity contribution in [2.24, 2.45) is 0 Å². The molecule has 6 heteroatoms. The number of hydrogen-bond acceptors (Lipinski definition) is 4. The van der Waals surface area contributed by atoms with E-state index in [2.05, 4.69) is 10.3 Å². The van der Waals surface area contributed by atoms with Gasteiger partial charge in [-0.15, -0.1) is 12.4 Å². The van der Waals surface area contributed by atoms with Crippen LogP contribution in [0.1, 0.15) is 24.3 Å². The van der Waals surface area contributed by atoms with Gasteiger partial charge in [0.1, 0.15) is 0 Å². The van der Waals surface area contributed by atoms with Crippen molar-refractivity contribution in [1.82, 2.24) is 15.2 Å². The first kappa shape index (κ1) is 15.7. The number of rotatable bonds is 3. The van der Waals surface area contributed by atoms with Gasteiger partial charge in [-0.05, 0) is 26.0 Å². The molecule has 1 aliphatic rings. The molecule has 19 heavy (non-hydrogen) atoms. The number of halogens is 1. The number of ether oxygens (including phenoxy) is 1. The normalized spacial score (nSPS) is 15.0. The number of aromatic nitrogens is 1. The average molecular weight is 286 g/mol. The minimum absolute atomic E-state index is 0. The van der Waals surface area contributed by atoms with Crippen molar-refractivity contribution in [2.45, 2.75) is 20.0 Å². The quantitative estimate of drug-likeness (QED) is 0.910. The molecule has 0 bridgehead atoms. The van der Waals surface area contributed by atoms with Gasteiger partial charge in [-0.25, -0.2) is 4.98 Å². The standard InChI is InChI=1S/C13H19N3O2.ClH/c1-10(2)18-11-4-3-5-15-12(11)13(17)16-8-6-14-7-9-16;/h3-5,10,14H,6-9H2,1-2H3;1H. The van der Waals surface area contributed by atoms with Crippen LogP contribution in [0.25, 0.3) is 0 Å². The Bertz CT molecular complexity index is 420. The lowest BCUT2D eigenvalue weighted by atomic mass is 10.2. The highest BCUT2D eigenvalue weighted by Gasteiger charge is 2.22. The van der Waals surface area contributed by atoms with Crippen molar-refractivity contribution >= 4 is 18.3 Å². The molecule has 1 N–H and O–H groups in total. The Morgan fingerprint density at radius 3 is 2.74 bits per heavy atom. The molecule has 0 unspecified atom stereocenters. The molecule has 2 rings (SSSR count). The molecule has 0 aromatic carbocycles. The number of carbonyl (C=O) groups is 1. The van der Waals surface area contributed by atoms with Crippen molar-refractivity contribution in [3.63, 3.8) is 0 Å². The van der Waals surface area contributed by atoms with Crippen molar-refractivity contribution in [3.8, 4) is 5.75 Å². The lowest BCUT2D eigenvalue weighted by Gasteiger charge is -2.27. The van der Waals surface area contributed by atoms with E-state index in [-0.39, 0.29) is 24.4 Å². The molecule has 1 saturated heterocycles. The third-order valence-corrected chi connectivity index (χ3v) is 2.74. The van der Waals surface area contributed by atoms with Gasteiger partial charge in [0.05, 0.1) is 6.10 Å². The van der Waals surface area contributed by atoms with Crippen LogP contribution in [0.5, 0.6) is 5.75 Å². The first-order chi connectivity index (χ1) is 8.68. The summed E-state index contributed by atoms with van der Waals surface area (Å²) in [6.07, 6.45) is 1.66. The zero-order valence-electron chi connectivity index (χ0n) is 11.3. The summed E-state index contributed by atoms with van der Waals surface area (Å²) in [4.78, 5) is 18.3. The molecule has 106 valence electrons. The van der Waals surface area contributed by atoms with Crippen LogP contribution < -0.4 is 10.1 Å². The Morgan fingerprint density at radius 2 is 2.11 bits per heavy atom. The number of carbonyl (C=O) groups excluding carboxylic acids is 1. The Labute approximate surface area is 119 Å². The second kappa shape index (κ2) is 7.31. The molecular formula is C13H20ClN3O2. The maximum atomic E-state index is 12.4. The predicted molar refractivity (Wildman–Crippen MR) is 76.0 cm³/mol. The Balaban J connectivity index is 0.00000180. The van der Waals surface area contributed by atoms with Gasteiger partial charge < -0.3 is 15.0 Å². The van der Waals surface area contributed by atoms with Gasteiger partial charge in [0.15, 0.2) is 11.4 Å². The smallest absolute Gasteiger partial charge is 0.276 e. The molecule has 2 heterocycles. The van der Waals surface area contributed by atoms with Crippen LogP contribution in [0, 0.1) is 0 Å². The third kappa shape index (κ3) is 4.08. The Kier molecular flexibility index (Phi) is 6.05. The van der Waals surface area contributed by atoms with Gasteiger partial charge in [-0.1, -0.05) is 0 Å². The number of hydrogen-bond donors (Lipinski definition) is 1. The number of nitrogens with one attached hydrogen (secondary N) is 1. The maximum Gasteiger partial charge on any atom is 0.276 e. The molecule has 0 spiro atoms. The van der Waals surface area contributed by atoms with E-state index < -0.39 is 0 Å². The molecule has 0 saturated carbocycles. The van der Waals surface area contributed by atoms with Crippen molar-refractivity contribution < 1.29 is 9.53 Å². The zero-order chi connectivity index (χ0) is 13.0. The van der Waals surface area contributed by atoms with Crippen LogP contribution in [0.2, 0.25) is 0 Å². The third-order valence-electron chi connectivity index (χ3n) is 2.74. The summed E-state index contributed by atoms with van der Waals surface area (Å²) in [7, 11) is 0. The maximum absolute atomic E-state index is 12.4. The minimum Gasteiger partial charge on any atom is -0.489 e. The van der Waals surface area contributed by atoms with E-state index in [0.29, 0.717) is 11.4 Å². The fourth-order valence-corrected chi connectivity index (χ4v) is 1.92. The minimum atomic E-state index is -0.0484. The predicted octanol–water partition coefficient (Wildman–Crippen LogP) is 1.34. The van der Waals surface area contributed by atoms with Crippen LogP contribution in [-0.2, 0) is 0 Å². The summed E-state index contributed by atoms with van der Waals surface area (Å²) in [5.41, 5.74) is 0.410. The monoisotopic (exact) mass is 285 g/mol. The average Bonchev–Trinajstić information content (AvgIpc) is 2.39. The van der Waals surface area contributed by atoms with E-state index in [4.69, 9.17) is 4.74 Å². The van der Waals surface area contributed by atoms with Crippen LogP contribution >= 0.6 is 12.4 Å². The van der Waals surface area contributed by atoms with E-state index >= 15 is 0 Å². The largest absolute Gasteiger partial charge is 0.489 e. The van der Waals surface area contributed by atoms with E-state index in [9.17, 15) is 4.79 Å². The lowest BCUT2D eigenvalue weighted by Crippen LogP contribution is -2.46. The van der Waals surface area contributed by atoms with E-state index in [1.54, 1.807) is 18.3 Å². The second-order valence-electron chi connectivity index (χ2n) is 4.56. The summed E-state index contributed by atoms with van der Waals surface area (Å²) < 4.78 is 5.63. The number of piperazine rings is 1. The Morgan fingerprint density at radius 1 is 1.42 bits per heavy atom. The molecule has 5 nitrogen and oxygen atoms in total.